The quantitative estimate of drug-likeness (QED) is 0.492. The Hall–Kier alpha value is -2.88. The van der Waals surface area contributed by atoms with E-state index in [0.717, 1.165) is 36.8 Å². The number of piperidine rings is 1. The maximum Gasteiger partial charge on any atom is 0.137 e. The van der Waals surface area contributed by atoms with Crippen LogP contribution >= 0.6 is 0 Å². The zero-order valence-corrected chi connectivity index (χ0v) is 16.5. The fraction of sp³-hybridized carbons (Fsp3) is 0.231. The van der Waals surface area contributed by atoms with Gasteiger partial charge in [-0.3, -0.25) is 0 Å². The molecule has 0 unspecified atom stereocenters. The Morgan fingerprint density at radius 1 is 0.931 bits per heavy atom. The lowest BCUT2D eigenvalue weighted by atomic mass is 9.75. The number of benzene rings is 3. The molecule has 0 amide bonds. The lowest BCUT2D eigenvalue weighted by Gasteiger charge is -2.42. The van der Waals surface area contributed by atoms with Crippen molar-refractivity contribution < 1.29 is 4.42 Å². The molecular weight excluding hydrogens is 356 g/mol. The number of hydrogen-bond donors (Lipinski definition) is 2. The lowest BCUT2D eigenvalue weighted by Crippen LogP contribution is -2.56. The van der Waals surface area contributed by atoms with Crippen LogP contribution in [0.15, 0.2) is 89.5 Å². The highest BCUT2D eigenvalue weighted by Gasteiger charge is 2.38. The van der Waals surface area contributed by atoms with Gasteiger partial charge >= 0.3 is 0 Å². The second kappa shape index (κ2) is 7.51. The topological polar surface area (TPSA) is 51.2 Å². The maximum atomic E-state index is 7.11. The van der Waals surface area contributed by atoms with Gasteiger partial charge in [0.25, 0.3) is 0 Å². The first-order chi connectivity index (χ1) is 14.2. The first-order valence-corrected chi connectivity index (χ1v) is 10.4. The monoisotopic (exact) mass is 382 g/mol. The summed E-state index contributed by atoms with van der Waals surface area (Å²) < 4.78 is 5.89. The largest absolute Gasteiger partial charge is 0.464 e. The average molecular weight is 383 g/mol. The van der Waals surface area contributed by atoms with E-state index in [1.54, 1.807) is 6.26 Å². The van der Waals surface area contributed by atoms with Crippen LogP contribution in [0, 0.1) is 0 Å². The van der Waals surface area contributed by atoms with E-state index in [9.17, 15) is 0 Å². The second-order valence-electron chi connectivity index (χ2n) is 8.15. The predicted molar refractivity (Wildman–Crippen MR) is 119 cm³/mol. The third kappa shape index (κ3) is 3.48. The summed E-state index contributed by atoms with van der Waals surface area (Å²) in [5, 5.41) is 4.81. The van der Waals surface area contributed by atoms with Crippen LogP contribution in [0.25, 0.3) is 22.1 Å². The molecule has 3 heteroatoms. The molecule has 0 saturated carbocycles. The molecule has 5 rings (SSSR count). The van der Waals surface area contributed by atoms with E-state index in [1.807, 2.05) is 12.1 Å². The summed E-state index contributed by atoms with van der Waals surface area (Å²) in [6, 6.07) is 27.7. The van der Waals surface area contributed by atoms with E-state index in [-0.39, 0.29) is 11.6 Å². The molecule has 1 aromatic heterocycles. The highest BCUT2D eigenvalue weighted by atomic mass is 16.3. The first-order valence-electron chi connectivity index (χ1n) is 10.4. The molecule has 1 saturated heterocycles. The Balaban J connectivity index is 1.57. The normalized spacial score (nSPS) is 22.0. The predicted octanol–water partition coefficient (Wildman–Crippen LogP) is 5.46. The first kappa shape index (κ1) is 18.2. The number of furan rings is 1. The van der Waals surface area contributed by atoms with Gasteiger partial charge in [-0.05, 0) is 66.3 Å². The average Bonchev–Trinajstić information content (AvgIpc) is 3.24. The van der Waals surface area contributed by atoms with Gasteiger partial charge in [0.15, 0.2) is 0 Å². The van der Waals surface area contributed by atoms with E-state index < -0.39 is 0 Å². The molecule has 2 atom stereocenters. The van der Waals surface area contributed by atoms with E-state index in [0.29, 0.717) is 0 Å². The molecule has 0 spiro atoms. The molecular formula is C26H26N2O. The molecule has 4 aromatic rings. The van der Waals surface area contributed by atoms with E-state index in [4.69, 9.17) is 10.2 Å². The molecule has 0 aliphatic carbocycles. The van der Waals surface area contributed by atoms with Gasteiger partial charge in [-0.2, -0.15) is 0 Å². The van der Waals surface area contributed by atoms with Crippen molar-refractivity contribution in [1.82, 2.24) is 5.32 Å². The molecule has 3 nitrogen and oxygen atoms in total. The molecule has 3 N–H and O–H groups in total. The summed E-state index contributed by atoms with van der Waals surface area (Å²) in [6.07, 6.45) is 4.61. The van der Waals surface area contributed by atoms with Crippen LogP contribution in [0.4, 0.5) is 0 Å². The van der Waals surface area contributed by atoms with Crippen LogP contribution in [-0.4, -0.2) is 12.1 Å². The second-order valence-corrected chi connectivity index (χ2v) is 8.15. The minimum atomic E-state index is -0.366. The number of nitrogens with one attached hydrogen (secondary N) is 1. The minimum Gasteiger partial charge on any atom is -0.464 e. The minimum absolute atomic E-state index is 0.128. The number of nitrogens with two attached hydrogens (primary N) is 1. The van der Waals surface area contributed by atoms with Crippen molar-refractivity contribution in [1.29, 1.82) is 0 Å². The smallest absolute Gasteiger partial charge is 0.137 e. The standard InChI is InChI=1S/C26H26N2O/c27-26(13-7-14-28-25(26)20-10-5-2-6-11-20)18-23-17-22(19-8-3-1-4-9-19)16-21-12-15-29-24(21)23/h1-6,8-12,15-17,25,28H,7,13-14,18,27H2/t25-,26-/m0/s1. The van der Waals surface area contributed by atoms with Crippen LogP contribution in [0.5, 0.6) is 0 Å². The SMILES string of the molecule is N[C@]1(Cc2cc(-c3ccccc3)cc3ccoc23)CCCN[C@H]1c1ccccc1. The summed E-state index contributed by atoms with van der Waals surface area (Å²) in [4.78, 5) is 0. The van der Waals surface area contributed by atoms with Crippen LogP contribution in [0.3, 0.4) is 0 Å². The molecule has 1 aliphatic heterocycles. The Labute approximate surface area is 171 Å². The van der Waals surface area contributed by atoms with E-state index in [2.05, 4.69) is 72.0 Å². The van der Waals surface area contributed by atoms with Gasteiger partial charge in [0.2, 0.25) is 0 Å². The highest BCUT2D eigenvalue weighted by molar-refractivity contribution is 5.86. The molecule has 1 fully saturated rings. The number of rotatable bonds is 4. The van der Waals surface area contributed by atoms with Gasteiger partial charge in [-0.15, -0.1) is 0 Å². The Morgan fingerprint density at radius 2 is 1.69 bits per heavy atom. The summed E-state index contributed by atoms with van der Waals surface area (Å²) >= 11 is 0. The Kier molecular flexibility index (Phi) is 4.70. The van der Waals surface area contributed by atoms with Crippen molar-refractivity contribution in [2.45, 2.75) is 30.8 Å². The molecule has 0 bridgehead atoms. The number of hydrogen-bond acceptors (Lipinski definition) is 3. The molecule has 29 heavy (non-hydrogen) atoms. The Bertz CT molecular complexity index is 1100. The molecule has 1 aliphatic rings. The zero-order valence-electron chi connectivity index (χ0n) is 16.5. The van der Waals surface area contributed by atoms with Crippen LogP contribution in [0.1, 0.15) is 30.0 Å². The molecule has 0 radical (unpaired) electrons. The van der Waals surface area contributed by atoms with E-state index in [1.165, 1.54) is 22.3 Å². The summed E-state index contributed by atoms with van der Waals surface area (Å²) in [6.45, 7) is 0.999. The summed E-state index contributed by atoms with van der Waals surface area (Å²) in [5.74, 6) is 0. The summed E-state index contributed by atoms with van der Waals surface area (Å²) in [7, 11) is 0. The zero-order chi connectivity index (χ0) is 19.7. The third-order valence-corrected chi connectivity index (χ3v) is 6.13. The summed E-state index contributed by atoms with van der Waals surface area (Å²) in [5.41, 5.74) is 12.5. The third-order valence-electron chi connectivity index (χ3n) is 6.13. The number of fused-ring (bicyclic) bond motifs is 1. The Morgan fingerprint density at radius 3 is 2.48 bits per heavy atom. The van der Waals surface area contributed by atoms with Crippen molar-refractivity contribution in [3.63, 3.8) is 0 Å². The van der Waals surface area contributed by atoms with Gasteiger partial charge in [0.05, 0.1) is 12.3 Å². The van der Waals surface area contributed by atoms with Gasteiger partial charge in [0.1, 0.15) is 5.58 Å². The highest BCUT2D eigenvalue weighted by Crippen LogP contribution is 2.37. The van der Waals surface area contributed by atoms with Crippen molar-refractivity contribution >= 4 is 11.0 Å². The van der Waals surface area contributed by atoms with Crippen LogP contribution < -0.4 is 11.1 Å². The van der Waals surface area contributed by atoms with Gasteiger partial charge < -0.3 is 15.5 Å². The van der Waals surface area contributed by atoms with Gasteiger partial charge in [-0.1, -0.05) is 60.7 Å². The molecule has 3 aromatic carbocycles. The lowest BCUT2D eigenvalue weighted by molar-refractivity contribution is 0.230. The fourth-order valence-electron chi connectivity index (χ4n) is 4.74. The maximum absolute atomic E-state index is 7.11. The van der Waals surface area contributed by atoms with Crippen molar-refractivity contribution in [2.75, 3.05) is 6.54 Å². The van der Waals surface area contributed by atoms with E-state index >= 15 is 0 Å². The van der Waals surface area contributed by atoms with Gasteiger partial charge in [0, 0.05) is 10.9 Å². The van der Waals surface area contributed by atoms with Crippen LogP contribution in [0.2, 0.25) is 0 Å². The molecule has 2 heterocycles. The molecule has 146 valence electrons. The van der Waals surface area contributed by atoms with Crippen molar-refractivity contribution in [2.24, 2.45) is 5.73 Å². The fourth-order valence-corrected chi connectivity index (χ4v) is 4.74. The van der Waals surface area contributed by atoms with Crippen LogP contribution in [-0.2, 0) is 6.42 Å². The van der Waals surface area contributed by atoms with Gasteiger partial charge in [-0.25, -0.2) is 0 Å². The van der Waals surface area contributed by atoms with Crippen molar-refractivity contribution in [3.05, 3.63) is 96.3 Å². The van der Waals surface area contributed by atoms with Crippen molar-refractivity contribution in [3.8, 4) is 11.1 Å².